The van der Waals surface area contributed by atoms with E-state index < -0.39 is 8.80 Å². The van der Waals surface area contributed by atoms with E-state index in [-0.39, 0.29) is 11.9 Å². The molecule has 2 bridgehead atoms. The van der Waals surface area contributed by atoms with E-state index in [1.165, 1.54) is 0 Å². The van der Waals surface area contributed by atoms with Gasteiger partial charge in [0.05, 0.1) is 13.2 Å². The minimum atomic E-state index is -2.67. The Bertz CT molecular complexity index is 442. The summed E-state index contributed by atoms with van der Waals surface area (Å²) in [4.78, 5) is 18.1. The van der Waals surface area contributed by atoms with Gasteiger partial charge in [0.15, 0.2) is 0 Å². The highest BCUT2D eigenvalue weighted by atomic mass is 28.4. The smallest absolute Gasteiger partial charge is 0.374 e. The van der Waals surface area contributed by atoms with Crippen molar-refractivity contribution in [2.24, 2.45) is 11.8 Å². The summed E-state index contributed by atoms with van der Waals surface area (Å²) >= 11 is 0. The Morgan fingerprint density at radius 2 is 1.72 bits per heavy atom. The largest absolute Gasteiger partial charge is 0.500 e. The highest BCUT2D eigenvalue weighted by Crippen LogP contribution is 2.41. The Hall–Kier alpha value is -0.733. The summed E-state index contributed by atoms with van der Waals surface area (Å²) in [7, 11) is -1.08. The highest BCUT2D eigenvalue weighted by Gasteiger charge is 2.42. The number of rotatable bonds is 12. The van der Waals surface area contributed by atoms with Crippen LogP contribution in [0.25, 0.3) is 0 Å². The maximum atomic E-state index is 12.7. The van der Waals surface area contributed by atoms with Crippen molar-refractivity contribution >= 4 is 14.7 Å². The van der Waals surface area contributed by atoms with Crippen LogP contribution < -0.4 is 0 Å². The van der Waals surface area contributed by atoms with Crippen LogP contribution in [0.1, 0.15) is 46.5 Å². The van der Waals surface area contributed by atoms with Gasteiger partial charge >= 0.3 is 8.80 Å². The molecule has 1 fully saturated rings. The fourth-order valence-corrected chi connectivity index (χ4v) is 6.62. The van der Waals surface area contributed by atoms with E-state index >= 15 is 0 Å². The zero-order valence-electron chi connectivity index (χ0n) is 16.0. The number of hydroxylamine groups is 2. The standard InChI is InChI=1S/C18H33NO5Si/c1-5-22-25(23-6-2,24-7-3)12-8-9-18(20)19(21-4)17-14-15-10-11-16(17)13-15/h10-11,15-17H,5-9,12-14H2,1-4H3. The zero-order valence-corrected chi connectivity index (χ0v) is 17.0. The third kappa shape index (κ3) is 5.14. The summed E-state index contributed by atoms with van der Waals surface area (Å²) < 4.78 is 17.5. The van der Waals surface area contributed by atoms with Gasteiger partial charge in [-0.15, -0.1) is 0 Å². The number of amides is 1. The summed E-state index contributed by atoms with van der Waals surface area (Å²) in [5, 5.41) is 1.60. The monoisotopic (exact) mass is 371 g/mol. The lowest BCUT2D eigenvalue weighted by molar-refractivity contribution is -0.191. The summed E-state index contributed by atoms with van der Waals surface area (Å²) in [6, 6.07) is 0.836. The molecule has 1 amide bonds. The fraction of sp³-hybridized carbons (Fsp3) is 0.833. The van der Waals surface area contributed by atoms with Gasteiger partial charge < -0.3 is 13.3 Å². The van der Waals surface area contributed by atoms with E-state index in [2.05, 4.69) is 12.2 Å². The molecule has 7 heteroatoms. The Kier molecular flexibility index (Phi) is 8.09. The molecule has 0 N–H and O–H groups in total. The molecule has 3 unspecified atom stereocenters. The number of allylic oxidation sites excluding steroid dienone is 1. The second-order valence-electron chi connectivity index (χ2n) is 6.59. The molecule has 0 saturated heterocycles. The Labute approximate surface area is 152 Å². The average molecular weight is 372 g/mol. The van der Waals surface area contributed by atoms with E-state index in [0.29, 0.717) is 50.5 Å². The Morgan fingerprint density at radius 3 is 2.16 bits per heavy atom. The van der Waals surface area contributed by atoms with E-state index in [9.17, 15) is 4.79 Å². The molecule has 0 heterocycles. The molecule has 0 aliphatic heterocycles. The topological polar surface area (TPSA) is 57.2 Å². The Morgan fingerprint density at radius 1 is 1.08 bits per heavy atom. The summed E-state index contributed by atoms with van der Waals surface area (Å²) in [5.74, 6) is 1.09. The number of carbonyl (C=O) groups is 1. The maximum Gasteiger partial charge on any atom is 0.500 e. The Balaban J connectivity index is 1.87. The second kappa shape index (κ2) is 9.82. The highest BCUT2D eigenvalue weighted by molar-refractivity contribution is 6.60. The minimum Gasteiger partial charge on any atom is -0.374 e. The van der Waals surface area contributed by atoms with Gasteiger partial charge in [-0.05, 0) is 46.0 Å². The van der Waals surface area contributed by atoms with E-state index in [0.717, 1.165) is 12.8 Å². The normalized spacial score (nSPS) is 24.9. The van der Waals surface area contributed by atoms with Crippen molar-refractivity contribution < 1.29 is 22.9 Å². The molecule has 3 atom stereocenters. The first-order valence-electron chi connectivity index (χ1n) is 9.55. The van der Waals surface area contributed by atoms with Crippen LogP contribution in [-0.2, 0) is 22.9 Å². The first kappa shape index (κ1) is 20.6. The molecule has 25 heavy (non-hydrogen) atoms. The van der Waals surface area contributed by atoms with Gasteiger partial charge in [-0.1, -0.05) is 12.2 Å². The van der Waals surface area contributed by atoms with Crippen LogP contribution in [0.5, 0.6) is 0 Å². The van der Waals surface area contributed by atoms with Crippen LogP contribution in [0.15, 0.2) is 12.2 Å². The van der Waals surface area contributed by atoms with Crippen molar-refractivity contribution in [1.29, 1.82) is 0 Å². The average Bonchev–Trinajstić information content (AvgIpc) is 3.19. The van der Waals surface area contributed by atoms with E-state index in [1.54, 1.807) is 12.2 Å². The SMILES string of the molecule is CCO[Si](CCCC(=O)N(OC)C1CC2C=CC1C2)(OCC)OCC. The van der Waals surface area contributed by atoms with E-state index in [1.807, 2.05) is 20.8 Å². The molecule has 0 radical (unpaired) electrons. The number of fused-ring (bicyclic) bond motifs is 2. The summed E-state index contributed by atoms with van der Waals surface area (Å²) in [5.41, 5.74) is 0. The number of hydrogen-bond donors (Lipinski definition) is 0. The van der Waals surface area contributed by atoms with Gasteiger partial charge in [-0.3, -0.25) is 9.63 Å². The molecule has 0 spiro atoms. The third-order valence-corrected chi connectivity index (χ3v) is 8.11. The second-order valence-corrected chi connectivity index (χ2v) is 9.32. The maximum absolute atomic E-state index is 12.7. The number of nitrogens with zero attached hydrogens (tertiary/aromatic N) is 1. The number of hydrogen-bond acceptors (Lipinski definition) is 5. The van der Waals surface area contributed by atoms with Gasteiger partial charge in [-0.2, -0.15) is 0 Å². The lowest BCUT2D eigenvalue weighted by Crippen LogP contribution is -2.46. The molecule has 0 aromatic rings. The van der Waals surface area contributed by atoms with Crippen molar-refractivity contribution in [3.63, 3.8) is 0 Å². The lowest BCUT2D eigenvalue weighted by atomic mass is 10.0. The third-order valence-electron chi connectivity index (χ3n) is 4.95. The molecule has 6 nitrogen and oxygen atoms in total. The molecule has 1 saturated carbocycles. The van der Waals surface area contributed by atoms with Gasteiger partial charge in [0.25, 0.3) is 0 Å². The molecular formula is C18H33NO5Si. The van der Waals surface area contributed by atoms with Crippen molar-refractivity contribution in [3.8, 4) is 0 Å². The molecule has 2 rings (SSSR count). The molecule has 2 aliphatic carbocycles. The predicted molar refractivity (Wildman–Crippen MR) is 97.7 cm³/mol. The summed E-state index contributed by atoms with van der Waals surface area (Å²) in [6.45, 7) is 7.51. The van der Waals surface area contributed by atoms with Crippen LogP contribution in [0.3, 0.4) is 0 Å². The van der Waals surface area contributed by atoms with Gasteiger partial charge in [-0.25, -0.2) is 5.06 Å². The van der Waals surface area contributed by atoms with Crippen molar-refractivity contribution in [3.05, 3.63) is 12.2 Å². The molecule has 0 aromatic heterocycles. The lowest BCUT2D eigenvalue weighted by Gasteiger charge is -2.31. The van der Waals surface area contributed by atoms with Crippen molar-refractivity contribution in [2.45, 2.75) is 58.5 Å². The molecule has 2 aliphatic rings. The van der Waals surface area contributed by atoms with Gasteiger partial charge in [0.2, 0.25) is 5.91 Å². The van der Waals surface area contributed by atoms with E-state index in [4.69, 9.17) is 18.1 Å². The van der Waals surface area contributed by atoms with Crippen molar-refractivity contribution in [2.75, 3.05) is 26.9 Å². The summed E-state index contributed by atoms with van der Waals surface area (Å²) in [6.07, 6.45) is 7.76. The minimum absolute atomic E-state index is 0.0424. The predicted octanol–water partition coefficient (Wildman–Crippen LogP) is 3.17. The zero-order chi connectivity index (χ0) is 18.3. The fourth-order valence-electron chi connectivity index (χ4n) is 4.01. The molecule has 144 valence electrons. The van der Waals surface area contributed by atoms with Crippen LogP contribution in [-0.4, -0.2) is 52.7 Å². The first-order chi connectivity index (χ1) is 12.1. The number of carbonyl (C=O) groups excluding carboxylic acids is 1. The van der Waals surface area contributed by atoms with Crippen LogP contribution in [0.4, 0.5) is 0 Å². The van der Waals surface area contributed by atoms with Crippen LogP contribution in [0.2, 0.25) is 6.04 Å². The van der Waals surface area contributed by atoms with Gasteiger partial charge in [0, 0.05) is 38.2 Å². The first-order valence-corrected chi connectivity index (χ1v) is 11.5. The van der Waals surface area contributed by atoms with Crippen molar-refractivity contribution in [1.82, 2.24) is 5.06 Å². The quantitative estimate of drug-likeness (QED) is 0.300. The molecule has 0 aromatic carbocycles. The molecular weight excluding hydrogens is 338 g/mol. The van der Waals surface area contributed by atoms with Crippen LogP contribution in [0, 0.1) is 11.8 Å². The van der Waals surface area contributed by atoms with Crippen LogP contribution >= 0.6 is 0 Å². The van der Waals surface area contributed by atoms with Gasteiger partial charge in [0.1, 0.15) is 0 Å².